The van der Waals surface area contributed by atoms with E-state index in [9.17, 15) is 0 Å². The van der Waals surface area contributed by atoms with Crippen molar-refractivity contribution < 1.29 is 0 Å². The quantitative estimate of drug-likeness (QED) is 0.573. The molecular weight excluding hydrogens is 204 g/mol. The molecule has 2 aliphatic carbocycles. The molecule has 0 spiro atoms. The van der Waals surface area contributed by atoms with Crippen molar-refractivity contribution in [3.63, 3.8) is 0 Å². The van der Waals surface area contributed by atoms with Crippen LogP contribution < -0.4 is 0 Å². The lowest BCUT2D eigenvalue weighted by atomic mass is 9.72. The summed E-state index contributed by atoms with van der Waals surface area (Å²) in [6.07, 6.45) is 5.40. The molecule has 1 atom stereocenters. The predicted octanol–water partition coefficient (Wildman–Crippen LogP) is 5.16. The minimum Gasteiger partial charge on any atom is -0.0619 e. The smallest absolute Gasteiger partial charge is 0.0109 e. The fraction of sp³-hybridized carbons (Fsp3) is 0.529. The third-order valence-corrected chi connectivity index (χ3v) is 4.32. The first kappa shape index (κ1) is 11.1. The van der Waals surface area contributed by atoms with Crippen molar-refractivity contribution in [1.82, 2.24) is 0 Å². The molecule has 17 heavy (non-hydrogen) atoms. The predicted molar refractivity (Wildman–Crippen MR) is 74.0 cm³/mol. The SMILES string of the molecule is CC(C)(C)C1C2=C(CCCC2)c2ccccc21. The fourth-order valence-electron chi connectivity index (χ4n) is 3.76. The van der Waals surface area contributed by atoms with Crippen LogP contribution in [0.5, 0.6) is 0 Å². The Morgan fingerprint density at radius 3 is 2.47 bits per heavy atom. The van der Waals surface area contributed by atoms with Gasteiger partial charge in [0, 0.05) is 5.92 Å². The van der Waals surface area contributed by atoms with Crippen molar-refractivity contribution in [2.45, 2.75) is 52.4 Å². The zero-order valence-electron chi connectivity index (χ0n) is 11.2. The maximum atomic E-state index is 2.39. The van der Waals surface area contributed by atoms with Gasteiger partial charge in [-0.15, -0.1) is 0 Å². The summed E-state index contributed by atoms with van der Waals surface area (Å²) < 4.78 is 0. The van der Waals surface area contributed by atoms with Gasteiger partial charge in [0.1, 0.15) is 0 Å². The first-order valence-corrected chi connectivity index (χ1v) is 6.90. The lowest BCUT2D eigenvalue weighted by Gasteiger charge is -2.32. The first-order chi connectivity index (χ1) is 8.09. The molecule has 1 aromatic carbocycles. The van der Waals surface area contributed by atoms with Crippen LogP contribution >= 0.6 is 0 Å². The minimum atomic E-state index is 0.352. The van der Waals surface area contributed by atoms with E-state index in [1.165, 1.54) is 25.7 Å². The van der Waals surface area contributed by atoms with Gasteiger partial charge in [-0.25, -0.2) is 0 Å². The Morgan fingerprint density at radius 1 is 1.00 bits per heavy atom. The molecule has 1 aromatic rings. The molecule has 1 unspecified atom stereocenters. The van der Waals surface area contributed by atoms with Crippen LogP contribution in [0.15, 0.2) is 29.8 Å². The molecule has 0 heteroatoms. The van der Waals surface area contributed by atoms with Crippen LogP contribution in [-0.2, 0) is 0 Å². The maximum Gasteiger partial charge on any atom is 0.0109 e. The van der Waals surface area contributed by atoms with Gasteiger partial charge >= 0.3 is 0 Å². The number of benzene rings is 1. The minimum absolute atomic E-state index is 0.352. The van der Waals surface area contributed by atoms with Crippen molar-refractivity contribution in [2.75, 3.05) is 0 Å². The zero-order valence-corrected chi connectivity index (χ0v) is 11.2. The Balaban J connectivity index is 2.18. The second-order valence-electron chi connectivity index (χ2n) is 6.60. The number of fused-ring (bicyclic) bond motifs is 2. The first-order valence-electron chi connectivity index (χ1n) is 6.90. The third-order valence-electron chi connectivity index (χ3n) is 4.32. The average Bonchev–Trinajstić information content (AvgIpc) is 2.63. The lowest BCUT2D eigenvalue weighted by molar-refractivity contribution is 0.350. The monoisotopic (exact) mass is 226 g/mol. The summed E-state index contributed by atoms with van der Waals surface area (Å²) in [6, 6.07) is 9.09. The van der Waals surface area contributed by atoms with Gasteiger partial charge in [-0.2, -0.15) is 0 Å². The lowest BCUT2D eigenvalue weighted by Crippen LogP contribution is -2.19. The van der Waals surface area contributed by atoms with Crippen LogP contribution in [0, 0.1) is 5.41 Å². The summed E-state index contributed by atoms with van der Waals surface area (Å²) in [4.78, 5) is 0. The fourth-order valence-corrected chi connectivity index (χ4v) is 3.76. The molecular formula is C17H22. The number of allylic oxidation sites excluding steroid dienone is 2. The highest BCUT2D eigenvalue weighted by Gasteiger charge is 2.38. The number of rotatable bonds is 0. The second kappa shape index (κ2) is 3.73. The molecule has 0 nitrogen and oxygen atoms in total. The molecule has 0 N–H and O–H groups in total. The van der Waals surface area contributed by atoms with Crippen LogP contribution in [0.4, 0.5) is 0 Å². The van der Waals surface area contributed by atoms with Gasteiger partial charge in [-0.05, 0) is 47.8 Å². The van der Waals surface area contributed by atoms with Gasteiger partial charge in [-0.1, -0.05) is 50.6 Å². The van der Waals surface area contributed by atoms with Gasteiger partial charge < -0.3 is 0 Å². The van der Waals surface area contributed by atoms with E-state index in [1.807, 2.05) is 0 Å². The van der Waals surface area contributed by atoms with E-state index in [0.29, 0.717) is 11.3 Å². The Kier molecular flexibility index (Phi) is 2.43. The summed E-state index contributed by atoms with van der Waals surface area (Å²) in [5.74, 6) is 0.661. The van der Waals surface area contributed by atoms with Crippen molar-refractivity contribution in [3.8, 4) is 0 Å². The van der Waals surface area contributed by atoms with E-state index < -0.39 is 0 Å². The van der Waals surface area contributed by atoms with Crippen molar-refractivity contribution in [3.05, 3.63) is 41.0 Å². The standard InChI is InChI=1S/C17H22/c1-17(2,3)16-14-10-6-4-8-12(14)13-9-5-7-11-15(13)16/h4,6,8,10,16H,5,7,9,11H2,1-3H3. The molecule has 0 aliphatic heterocycles. The van der Waals surface area contributed by atoms with Gasteiger partial charge in [-0.3, -0.25) is 0 Å². The molecule has 2 aliphatic rings. The van der Waals surface area contributed by atoms with E-state index in [1.54, 1.807) is 22.3 Å². The van der Waals surface area contributed by atoms with Gasteiger partial charge in [0.25, 0.3) is 0 Å². The topological polar surface area (TPSA) is 0 Å². The molecule has 0 amide bonds. The highest BCUT2D eigenvalue weighted by molar-refractivity contribution is 5.79. The number of hydrogen-bond donors (Lipinski definition) is 0. The van der Waals surface area contributed by atoms with E-state index in [-0.39, 0.29) is 0 Å². The molecule has 0 radical (unpaired) electrons. The molecule has 0 heterocycles. The van der Waals surface area contributed by atoms with Crippen molar-refractivity contribution in [2.24, 2.45) is 5.41 Å². The third kappa shape index (κ3) is 1.66. The van der Waals surface area contributed by atoms with Crippen LogP contribution in [0.3, 0.4) is 0 Å². The summed E-state index contributed by atoms with van der Waals surface area (Å²) in [6.45, 7) is 7.16. The maximum absolute atomic E-state index is 2.39. The molecule has 0 saturated carbocycles. The highest BCUT2D eigenvalue weighted by Crippen LogP contribution is 2.54. The van der Waals surface area contributed by atoms with Crippen molar-refractivity contribution in [1.29, 1.82) is 0 Å². The summed E-state index contributed by atoms with van der Waals surface area (Å²) in [7, 11) is 0. The van der Waals surface area contributed by atoms with Gasteiger partial charge in [0.2, 0.25) is 0 Å². The van der Waals surface area contributed by atoms with Crippen LogP contribution in [0.1, 0.15) is 63.5 Å². The van der Waals surface area contributed by atoms with E-state index in [0.717, 1.165) is 0 Å². The molecule has 90 valence electrons. The molecule has 0 fully saturated rings. The largest absolute Gasteiger partial charge is 0.0619 e. The van der Waals surface area contributed by atoms with Gasteiger partial charge in [0.05, 0.1) is 0 Å². The van der Waals surface area contributed by atoms with Gasteiger partial charge in [0.15, 0.2) is 0 Å². The van der Waals surface area contributed by atoms with Crippen LogP contribution in [0.25, 0.3) is 5.57 Å². The normalized spacial score (nSPS) is 23.6. The second-order valence-corrected chi connectivity index (χ2v) is 6.60. The van der Waals surface area contributed by atoms with Crippen LogP contribution in [0.2, 0.25) is 0 Å². The van der Waals surface area contributed by atoms with Crippen molar-refractivity contribution >= 4 is 5.57 Å². The highest BCUT2D eigenvalue weighted by atomic mass is 14.4. The Labute approximate surface area is 105 Å². The zero-order chi connectivity index (χ0) is 12.0. The molecule has 3 rings (SSSR count). The summed E-state index contributed by atoms with van der Waals surface area (Å²) >= 11 is 0. The Morgan fingerprint density at radius 2 is 1.71 bits per heavy atom. The molecule has 0 aromatic heterocycles. The summed E-state index contributed by atoms with van der Waals surface area (Å²) in [5.41, 5.74) is 6.94. The van der Waals surface area contributed by atoms with Crippen LogP contribution in [-0.4, -0.2) is 0 Å². The summed E-state index contributed by atoms with van der Waals surface area (Å²) in [5, 5.41) is 0. The Hall–Kier alpha value is -1.04. The molecule has 0 bridgehead atoms. The number of hydrogen-bond acceptors (Lipinski definition) is 0. The Bertz CT molecular complexity index is 471. The average molecular weight is 226 g/mol. The van der Waals surface area contributed by atoms with E-state index in [2.05, 4.69) is 45.0 Å². The molecule has 0 saturated heterocycles. The van der Waals surface area contributed by atoms with E-state index >= 15 is 0 Å². The van der Waals surface area contributed by atoms with E-state index in [4.69, 9.17) is 0 Å².